The maximum atomic E-state index is 12.9. The predicted molar refractivity (Wildman–Crippen MR) is 170 cm³/mol. The van der Waals surface area contributed by atoms with Gasteiger partial charge < -0.3 is 19.5 Å². The second-order valence-corrected chi connectivity index (χ2v) is 10.0. The van der Waals surface area contributed by atoms with Crippen LogP contribution in [-0.2, 0) is 18.0 Å². The molecule has 0 bridgehead atoms. The smallest absolute Gasteiger partial charge is 0.266 e. The van der Waals surface area contributed by atoms with Crippen LogP contribution in [0.5, 0.6) is 17.2 Å². The highest BCUT2D eigenvalue weighted by atomic mass is 35.5. The summed E-state index contributed by atoms with van der Waals surface area (Å²) in [6, 6.07) is 36.0. The molecule has 0 radical (unpaired) electrons. The van der Waals surface area contributed by atoms with Gasteiger partial charge in [0.1, 0.15) is 30.6 Å². The number of nitrogens with one attached hydrogen (secondary N) is 1. The summed E-state index contributed by atoms with van der Waals surface area (Å²) in [6.07, 6.45) is 1.52. The van der Waals surface area contributed by atoms with Gasteiger partial charge in [0.05, 0.1) is 6.61 Å². The summed E-state index contributed by atoms with van der Waals surface area (Å²) in [5, 5.41) is 15.4. The molecule has 5 aromatic carbocycles. The van der Waals surface area contributed by atoms with Gasteiger partial charge in [0.25, 0.3) is 5.91 Å². The maximum Gasteiger partial charge on any atom is 0.266 e. The molecule has 0 atom stereocenters. The number of anilines is 1. The average Bonchev–Trinajstić information content (AvgIpc) is 3.03. The fourth-order valence-corrected chi connectivity index (χ4v) is 4.69. The van der Waals surface area contributed by atoms with E-state index in [2.05, 4.69) is 23.5 Å². The molecule has 0 aromatic heterocycles. The highest BCUT2D eigenvalue weighted by Crippen LogP contribution is 2.31. The highest BCUT2D eigenvalue weighted by Gasteiger charge is 2.13. The minimum Gasteiger partial charge on any atom is -0.490 e. The van der Waals surface area contributed by atoms with Crippen molar-refractivity contribution in [3.8, 4) is 23.3 Å². The molecule has 5 aromatic rings. The van der Waals surface area contributed by atoms with Crippen LogP contribution >= 0.6 is 11.6 Å². The standard InChI is InChI=1S/C36H29ClN2O4/c1-2-41-35-21-25(14-19-34(35)43-23-27-11-7-10-26-8-3-5-12-32(26)27)20-29(22-38)36(40)39-30-15-17-31(18-16-30)42-24-28-9-4-6-13-33(28)37/h3-21H,2,23-24H2,1H3,(H,39,40)/b29-20+. The summed E-state index contributed by atoms with van der Waals surface area (Å²) in [5.41, 5.74) is 3.06. The van der Waals surface area contributed by atoms with Gasteiger partial charge in [-0.3, -0.25) is 4.79 Å². The largest absolute Gasteiger partial charge is 0.490 e. The van der Waals surface area contributed by atoms with Gasteiger partial charge in [0, 0.05) is 16.3 Å². The first-order valence-electron chi connectivity index (χ1n) is 13.8. The topological polar surface area (TPSA) is 80.6 Å². The second kappa shape index (κ2) is 14.1. The molecule has 6 nitrogen and oxygen atoms in total. The Balaban J connectivity index is 1.25. The molecule has 43 heavy (non-hydrogen) atoms. The third-order valence-electron chi connectivity index (χ3n) is 6.67. The monoisotopic (exact) mass is 588 g/mol. The minimum absolute atomic E-state index is 0.0501. The van der Waals surface area contributed by atoms with Crippen LogP contribution in [0.15, 0.2) is 115 Å². The quantitative estimate of drug-likeness (QED) is 0.123. The van der Waals surface area contributed by atoms with Crippen LogP contribution in [0.3, 0.4) is 0 Å². The van der Waals surface area contributed by atoms with Crippen molar-refractivity contribution >= 4 is 40.0 Å². The van der Waals surface area contributed by atoms with Crippen molar-refractivity contribution in [2.24, 2.45) is 0 Å². The number of rotatable bonds is 11. The Morgan fingerprint density at radius 1 is 0.814 bits per heavy atom. The zero-order chi connectivity index (χ0) is 30.0. The number of amides is 1. The molecule has 0 fully saturated rings. The average molecular weight is 589 g/mol. The molecular weight excluding hydrogens is 560 g/mol. The van der Waals surface area contributed by atoms with Crippen molar-refractivity contribution in [3.05, 3.63) is 136 Å². The summed E-state index contributed by atoms with van der Waals surface area (Å²) >= 11 is 6.19. The van der Waals surface area contributed by atoms with Gasteiger partial charge in [0.15, 0.2) is 11.5 Å². The van der Waals surface area contributed by atoms with E-state index in [4.69, 9.17) is 25.8 Å². The molecule has 1 amide bonds. The molecule has 7 heteroatoms. The van der Waals surface area contributed by atoms with Crippen LogP contribution in [0.25, 0.3) is 16.8 Å². The normalized spacial score (nSPS) is 11.0. The van der Waals surface area contributed by atoms with Gasteiger partial charge in [0.2, 0.25) is 0 Å². The van der Waals surface area contributed by atoms with Gasteiger partial charge in [-0.1, -0.05) is 78.3 Å². The van der Waals surface area contributed by atoms with Gasteiger partial charge in [-0.05, 0) is 77.4 Å². The van der Waals surface area contributed by atoms with E-state index in [0.717, 1.165) is 21.9 Å². The van der Waals surface area contributed by atoms with Crippen LogP contribution in [0.4, 0.5) is 5.69 Å². The number of fused-ring (bicyclic) bond motifs is 1. The summed E-state index contributed by atoms with van der Waals surface area (Å²) in [6.45, 7) is 3.01. The lowest BCUT2D eigenvalue weighted by Crippen LogP contribution is -2.13. The Labute approximate surface area is 255 Å². The lowest BCUT2D eigenvalue weighted by molar-refractivity contribution is -0.112. The van der Waals surface area contributed by atoms with E-state index in [-0.39, 0.29) is 5.57 Å². The molecule has 0 saturated heterocycles. The first kappa shape index (κ1) is 29.2. The number of ether oxygens (including phenoxy) is 3. The van der Waals surface area contributed by atoms with Crippen molar-refractivity contribution in [1.82, 2.24) is 0 Å². The first-order valence-corrected chi connectivity index (χ1v) is 14.2. The van der Waals surface area contributed by atoms with E-state index >= 15 is 0 Å². The molecule has 1 N–H and O–H groups in total. The van der Waals surface area contributed by atoms with E-state index in [1.807, 2.05) is 61.5 Å². The fourth-order valence-electron chi connectivity index (χ4n) is 4.50. The number of carbonyl (C=O) groups excluding carboxylic acids is 1. The maximum absolute atomic E-state index is 12.9. The molecule has 0 saturated carbocycles. The summed E-state index contributed by atoms with van der Waals surface area (Å²) in [4.78, 5) is 12.9. The number of hydrogen-bond acceptors (Lipinski definition) is 5. The van der Waals surface area contributed by atoms with E-state index in [1.54, 1.807) is 42.5 Å². The fraction of sp³-hybridized carbons (Fsp3) is 0.111. The van der Waals surface area contributed by atoms with Gasteiger partial charge >= 0.3 is 0 Å². The van der Waals surface area contributed by atoms with E-state index in [1.165, 1.54) is 6.08 Å². The molecule has 0 aliphatic heterocycles. The lowest BCUT2D eigenvalue weighted by atomic mass is 10.1. The zero-order valence-corrected chi connectivity index (χ0v) is 24.3. The lowest BCUT2D eigenvalue weighted by Gasteiger charge is -2.14. The van der Waals surface area contributed by atoms with Crippen LogP contribution in [0.1, 0.15) is 23.6 Å². The molecule has 214 valence electrons. The number of halogens is 1. The summed E-state index contributed by atoms with van der Waals surface area (Å²) < 4.78 is 17.8. The third-order valence-corrected chi connectivity index (χ3v) is 7.04. The predicted octanol–water partition coefficient (Wildman–Crippen LogP) is 8.60. The Hall–Kier alpha value is -5.25. The van der Waals surface area contributed by atoms with Crippen molar-refractivity contribution in [1.29, 1.82) is 5.26 Å². The number of benzene rings is 5. The van der Waals surface area contributed by atoms with Crippen molar-refractivity contribution in [2.45, 2.75) is 20.1 Å². The van der Waals surface area contributed by atoms with Gasteiger partial charge in [-0.25, -0.2) is 0 Å². The van der Waals surface area contributed by atoms with Crippen molar-refractivity contribution in [2.75, 3.05) is 11.9 Å². The summed E-state index contributed by atoms with van der Waals surface area (Å²) in [7, 11) is 0. The van der Waals surface area contributed by atoms with Gasteiger partial charge in [-0.2, -0.15) is 5.26 Å². The molecule has 0 unspecified atom stereocenters. The minimum atomic E-state index is -0.526. The van der Waals surface area contributed by atoms with Crippen LogP contribution in [-0.4, -0.2) is 12.5 Å². The van der Waals surface area contributed by atoms with E-state index in [9.17, 15) is 10.1 Å². The zero-order valence-electron chi connectivity index (χ0n) is 23.5. The van der Waals surface area contributed by atoms with Crippen molar-refractivity contribution < 1.29 is 19.0 Å². The van der Waals surface area contributed by atoms with Crippen molar-refractivity contribution in [3.63, 3.8) is 0 Å². The number of nitrogens with zero attached hydrogens (tertiary/aromatic N) is 1. The van der Waals surface area contributed by atoms with Crippen LogP contribution < -0.4 is 19.5 Å². The van der Waals surface area contributed by atoms with Crippen LogP contribution in [0.2, 0.25) is 5.02 Å². The Kier molecular flexibility index (Phi) is 9.58. The number of carbonyl (C=O) groups is 1. The Morgan fingerprint density at radius 3 is 2.33 bits per heavy atom. The Bertz CT molecular complexity index is 1800. The van der Waals surface area contributed by atoms with Crippen LogP contribution in [0, 0.1) is 11.3 Å². The molecule has 0 aliphatic carbocycles. The molecule has 0 aliphatic rings. The van der Waals surface area contributed by atoms with E-state index < -0.39 is 5.91 Å². The number of nitriles is 1. The molecular formula is C36H29ClN2O4. The number of hydrogen-bond donors (Lipinski definition) is 1. The van der Waals surface area contributed by atoms with Gasteiger partial charge in [-0.15, -0.1) is 0 Å². The third kappa shape index (κ3) is 7.53. The summed E-state index contributed by atoms with van der Waals surface area (Å²) in [5.74, 6) is 1.20. The highest BCUT2D eigenvalue weighted by molar-refractivity contribution is 6.31. The first-order chi connectivity index (χ1) is 21.0. The second-order valence-electron chi connectivity index (χ2n) is 9.59. The Morgan fingerprint density at radius 2 is 1.53 bits per heavy atom. The molecule has 5 rings (SSSR count). The van der Waals surface area contributed by atoms with E-state index in [0.29, 0.717) is 53.3 Å². The SMILES string of the molecule is CCOc1cc(/C=C(\C#N)C(=O)Nc2ccc(OCc3ccccc3Cl)cc2)ccc1OCc1cccc2ccccc12. The molecule has 0 heterocycles. The molecule has 0 spiro atoms.